The number of allylic oxidation sites excluding steroid dienone is 3. The zero-order valence-electron chi connectivity index (χ0n) is 16.7. The van der Waals surface area contributed by atoms with E-state index in [0.717, 1.165) is 12.1 Å². The molecule has 0 fully saturated rings. The standard InChI is InChI=1S/C20H20N6O6/c27-11-3-5-15(13-23-24-20(28)16-6-2-9-21-14-16)4-1-10-22-18-8-7-17(25(29)30)12-19(18)26(31)32/h1-2,4,6-10,12-14,23,27H,3,5,11H2,(H,24,28)/b4-1-,15-13-,22-10?. The molecule has 0 aliphatic carbocycles. The van der Waals surface area contributed by atoms with E-state index in [-0.39, 0.29) is 18.2 Å². The van der Waals surface area contributed by atoms with E-state index in [1.165, 1.54) is 30.8 Å². The van der Waals surface area contributed by atoms with Gasteiger partial charge >= 0.3 is 5.69 Å². The van der Waals surface area contributed by atoms with E-state index in [1.807, 2.05) is 0 Å². The van der Waals surface area contributed by atoms with Gasteiger partial charge in [-0.25, -0.2) is 4.99 Å². The lowest BCUT2D eigenvalue weighted by Crippen LogP contribution is -2.33. The highest BCUT2D eigenvalue weighted by Crippen LogP contribution is 2.30. The molecular formula is C20H20N6O6. The molecule has 0 bridgehead atoms. The number of nitrogens with one attached hydrogen (secondary N) is 2. The number of hydrazine groups is 1. The van der Waals surface area contributed by atoms with Crippen molar-refractivity contribution in [3.8, 4) is 0 Å². The maximum Gasteiger partial charge on any atom is 0.301 e. The Morgan fingerprint density at radius 3 is 2.69 bits per heavy atom. The molecule has 3 N–H and O–H groups in total. The van der Waals surface area contributed by atoms with Crippen molar-refractivity contribution in [3.05, 3.63) is 92.4 Å². The molecule has 0 saturated heterocycles. The Morgan fingerprint density at radius 1 is 1.22 bits per heavy atom. The van der Waals surface area contributed by atoms with E-state index in [2.05, 4.69) is 20.8 Å². The van der Waals surface area contributed by atoms with Crippen molar-refractivity contribution in [1.82, 2.24) is 15.8 Å². The summed E-state index contributed by atoms with van der Waals surface area (Å²) in [5.41, 5.74) is 5.32. The lowest BCUT2D eigenvalue weighted by atomic mass is 10.1. The highest BCUT2D eigenvalue weighted by molar-refractivity contribution is 5.93. The monoisotopic (exact) mass is 440 g/mol. The third-order valence-electron chi connectivity index (χ3n) is 3.97. The first-order chi connectivity index (χ1) is 15.4. The number of nitrogens with zero attached hydrogens (tertiary/aromatic N) is 4. The van der Waals surface area contributed by atoms with Crippen molar-refractivity contribution in [1.29, 1.82) is 0 Å². The van der Waals surface area contributed by atoms with Gasteiger partial charge in [0, 0.05) is 37.5 Å². The molecule has 0 unspecified atom stereocenters. The van der Waals surface area contributed by atoms with Crippen LogP contribution in [0, 0.1) is 20.2 Å². The van der Waals surface area contributed by atoms with Gasteiger partial charge < -0.3 is 10.5 Å². The van der Waals surface area contributed by atoms with Crippen LogP contribution in [0.1, 0.15) is 23.2 Å². The summed E-state index contributed by atoms with van der Waals surface area (Å²) in [6.45, 7) is -0.0314. The summed E-state index contributed by atoms with van der Waals surface area (Å²) in [6, 6.07) is 6.41. The van der Waals surface area contributed by atoms with Crippen LogP contribution in [-0.2, 0) is 0 Å². The van der Waals surface area contributed by atoms with Crippen molar-refractivity contribution in [2.45, 2.75) is 12.8 Å². The summed E-state index contributed by atoms with van der Waals surface area (Å²) in [5, 5.41) is 31.0. The van der Waals surface area contributed by atoms with E-state index in [9.17, 15) is 25.0 Å². The normalized spacial score (nSPS) is 11.6. The van der Waals surface area contributed by atoms with Gasteiger partial charge in [0.2, 0.25) is 0 Å². The molecule has 1 amide bonds. The minimum Gasteiger partial charge on any atom is -0.396 e. The Balaban J connectivity index is 2.07. The molecule has 0 spiro atoms. The number of aliphatic hydroxyl groups excluding tert-OH is 1. The Kier molecular flexibility index (Phi) is 9.15. The van der Waals surface area contributed by atoms with Crippen LogP contribution in [0.5, 0.6) is 0 Å². The largest absolute Gasteiger partial charge is 0.396 e. The van der Waals surface area contributed by atoms with Crippen LogP contribution in [-0.4, -0.2) is 38.7 Å². The summed E-state index contributed by atoms with van der Waals surface area (Å²) >= 11 is 0. The molecule has 0 atom stereocenters. The Bertz CT molecular complexity index is 1050. The molecule has 2 rings (SSSR count). The number of aliphatic imine (C=N–C) groups is 1. The number of nitro benzene ring substituents is 2. The maximum absolute atomic E-state index is 12.0. The van der Waals surface area contributed by atoms with Crippen molar-refractivity contribution >= 4 is 29.2 Å². The van der Waals surface area contributed by atoms with Crippen molar-refractivity contribution in [3.63, 3.8) is 0 Å². The highest BCUT2D eigenvalue weighted by atomic mass is 16.6. The number of carbonyl (C=O) groups excluding carboxylic acids is 1. The molecule has 166 valence electrons. The lowest BCUT2D eigenvalue weighted by molar-refractivity contribution is -0.393. The van der Waals surface area contributed by atoms with Crippen LogP contribution in [0.2, 0.25) is 0 Å². The van der Waals surface area contributed by atoms with Gasteiger partial charge in [-0.1, -0.05) is 6.08 Å². The molecule has 0 aliphatic heterocycles. The molecular weight excluding hydrogens is 420 g/mol. The minimum absolute atomic E-state index is 0.0314. The van der Waals surface area contributed by atoms with Crippen LogP contribution < -0.4 is 10.9 Å². The first-order valence-electron chi connectivity index (χ1n) is 9.31. The number of carbonyl (C=O) groups is 1. The fourth-order valence-corrected chi connectivity index (χ4v) is 2.42. The minimum atomic E-state index is -0.745. The van der Waals surface area contributed by atoms with Gasteiger partial charge in [-0.3, -0.25) is 35.4 Å². The molecule has 1 aromatic heterocycles. The summed E-state index contributed by atoms with van der Waals surface area (Å²) in [5.74, 6) is -0.383. The van der Waals surface area contributed by atoms with E-state index in [0.29, 0.717) is 24.0 Å². The van der Waals surface area contributed by atoms with Crippen LogP contribution in [0.25, 0.3) is 0 Å². The third kappa shape index (κ3) is 7.42. The van der Waals surface area contributed by atoms with Gasteiger partial charge in [-0.15, -0.1) is 0 Å². The van der Waals surface area contributed by atoms with Gasteiger partial charge in [-0.05, 0) is 42.7 Å². The lowest BCUT2D eigenvalue weighted by Gasteiger charge is -2.06. The van der Waals surface area contributed by atoms with Crippen molar-refractivity contribution < 1.29 is 19.7 Å². The average Bonchev–Trinajstić information content (AvgIpc) is 2.79. The zero-order valence-corrected chi connectivity index (χ0v) is 16.7. The number of aromatic nitrogens is 1. The predicted octanol–water partition coefficient (Wildman–Crippen LogP) is 2.75. The Labute approximate surface area is 182 Å². The molecule has 0 aliphatic rings. The molecule has 32 heavy (non-hydrogen) atoms. The Morgan fingerprint density at radius 2 is 2.03 bits per heavy atom. The van der Waals surface area contributed by atoms with Gasteiger partial charge in [0.25, 0.3) is 11.6 Å². The van der Waals surface area contributed by atoms with E-state index in [1.54, 1.807) is 24.4 Å². The Hall–Kier alpha value is -4.45. The van der Waals surface area contributed by atoms with Crippen LogP contribution >= 0.6 is 0 Å². The van der Waals surface area contributed by atoms with E-state index < -0.39 is 21.2 Å². The molecule has 1 heterocycles. The molecule has 1 aromatic carbocycles. The van der Waals surface area contributed by atoms with Crippen LogP contribution in [0.4, 0.5) is 17.1 Å². The third-order valence-corrected chi connectivity index (χ3v) is 3.97. The molecule has 2 aromatic rings. The highest BCUT2D eigenvalue weighted by Gasteiger charge is 2.18. The molecule has 0 saturated carbocycles. The second-order valence-corrected chi connectivity index (χ2v) is 6.21. The van der Waals surface area contributed by atoms with Gasteiger partial charge in [0.05, 0.1) is 21.5 Å². The van der Waals surface area contributed by atoms with Crippen molar-refractivity contribution in [2.75, 3.05) is 6.61 Å². The number of nitro groups is 2. The smallest absolute Gasteiger partial charge is 0.301 e. The quantitative estimate of drug-likeness (QED) is 0.207. The molecule has 12 nitrogen and oxygen atoms in total. The van der Waals surface area contributed by atoms with Gasteiger partial charge in [-0.2, -0.15) is 0 Å². The number of benzene rings is 1. The summed E-state index contributed by atoms with van der Waals surface area (Å²) in [7, 11) is 0. The van der Waals surface area contributed by atoms with E-state index in [4.69, 9.17) is 5.11 Å². The summed E-state index contributed by atoms with van der Waals surface area (Å²) in [6.07, 6.45) is 9.90. The second kappa shape index (κ2) is 12.3. The fourth-order valence-electron chi connectivity index (χ4n) is 2.42. The summed E-state index contributed by atoms with van der Waals surface area (Å²) < 4.78 is 0. The van der Waals surface area contributed by atoms with Crippen LogP contribution in [0.15, 0.2) is 71.6 Å². The second-order valence-electron chi connectivity index (χ2n) is 6.21. The molecule has 0 radical (unpaired) electrons. The number of rotatable bonds is 11. The first kappa shape index (κ1) is 23.8. The topological polar surface area (TPSA) is 173 Å². The van der Waals surface area contributed by atoms with Gasteiger partial charge in [0.1, 0.15) is 5.69 Å². The maximum atomic E-state index is 12.0. The predicted molar refractivity (Wildman–Crippen MR) is 116 cm³/mol. The van der Waals surface area contributed by atoms with Gasteiger partial charge in [0.15, 0.2) is 0 Å². The number of hydrogen-bond donors (Lipinski definition) is 3. The van der Waals surface area contributed by atoms with E-state index >= 15 is 0 Å². The van der Waals surface area contributed by atoms with Crippen LogP contribution in [0.3, 0.4) is 0 Å². The zero-order chi connectivity index (χ0) is 23.3. The first-order valence-corrected chi connectivity index (χ1v) is 9.31. The number of amides is 1. The molecule has 12 heteroatoms. The average molecular weight is 440 g/mol. The summed E-state index contributed by atoms with van der Waals surface area (Å²) in [4.78, 5) is 40.3. The van der Waals surface area contributed by atoms with Crippen molar-refractivity contribution in [2.24, 2.45) is 4.99 Å². The number of pyridine rings is 1. The number of aliphatic hydroxyl groups is 1. The number of non-ortho nitro benzene ring substituents is 1. The fraction of sp³-hybridized carbons (Fsp3) is 0.150. The SMILES string of the molecule is O=C(NN/C=C(/C=C\C=Nc1ccc([N+](=O)[O-])cc1[N+](=O)[O-])CCCO)c1cccnc1. The number of hydrogen-bond acceptors (Lipinski definition) is 9.